The molecule has 4 aromatic rings. The molecule has 1 aliphatic rings. The average Bonchev–Trinajstić information content (AvgIpc) is 3.48. The number of hydrogen-bond acceptors (Lipinski definition) is 7. The maximum atomic E-state index is 14.3. The zero-order valence-corrected chi connectivity index (χ0v) is 22.0. The van der Waals surface area contributed by atoms with Crippen LogP contribution in [0.15, 0.2) is 73.1 Å². The topological polar surface area (TPSA) is 156 Å². The number of piperazine rings is 1. The molecule has 1 saturated heterocycles. The van der Waals surface area contributed by atoms with Crippen LogP contribution in [-0.2, 0) is 20.8 Å². The van der Waals surface area contributed by atoms with Crippen LogP contribution < -0.4 is 16.0 Å². The van der Waals surface area contributed by atoms with E-state index in [9.17, 15) is 23.6 Å². The van der Waals surface area contributed by atoms with Gasteiger partial charge in [0, 0.05) is 17.1 Å². The molecule has 5 rings (SSSR count). The summed E-state index contributed by atoms with van der Waals surface area (Å²) >= 11 is 6.21. The molecule has 3 N–H and O–H groups in total. The van der Waals surface area contributed by atoms with Gasteiger partial charge in [-0.25, -0.2) is 4.39 Å². The molecule has 1 fully saturated rings. The van der Waals surface area contributed by atoms with Crippen molar-refractivity contribution in [2.45, 2.75) is 12.5 Å². The monoisotopic (exact) mass is 576 g/mol. The fourth-order valence-corrected chi connectivity index (χ4v) is 4.68. The van der Waals surface area contributed by atoms with E-state index in [0.29, 0.717) is 16.4 Å². The Hall–Kier alpha value is -5.17. The van der Waals surface area contributed by atoms with E-state index < -0.39 is 42.0 Å². The molecule has 1 aromatic heterocycles. The Balaban J connectivity index is 1.43. The number of halogens is 2. The second-order valence-electron chi connectivity index (χ2n) is 9.14. The van der Waals surface area contributed by atoms with Crippen LogP contribution in [0.4, 0.5) is 15.8 Å². The van der Waals surface area contributed by atoms with Gasteiger partial charge in [-0.15, -0.1) is 5.10 Å². The van der Waals surface area contributed by atoms with Gasteiger partial charge in [0.2, 0.25) is 17.7 Å². The molecule has 12 nitrogen and oxygen atoms in total. The Morgan fingerprint density at radius 3 is 2.46 bits per heavy atom. The van der Waals surface area contributed by atoms with Crippen molar-refractivity contribution in [3.8, 4) is 5.69 Å². The predicted molar refractivity (Wildman–Crippen MR) is 146 cm³/mol. The molecule has 3 aromatic carbocycles. The molecule has 0 bridgehead atoms. The summed E-state index contributed by atoms with van der Waals surface area (Å²) in [5.74, 6) is -3.48. The van der Waals surface area contributed by atoms with Crippen LogP contribution in [0.2, 0.25) is 5.02 Å². The van der Waals surface area contributed by atoms with Gasteiger partial charge in [0.05, 0.1) is 16.9 Å². The Morgan fingerprint density at radius 1 is 1.00 bits per heavy atom. The Bertz CT molecular complexity index is 1630. The molecule has 2 heterocycles. The third-order valence-electron chi connectivity index (χ3n) is 6.50. The van der Waals surface area contributed by atoms with Crippen molar-refractivity contribution < 1.29 is 23.6 Å². The second kappa shape index (κ2) is 11.5. The first-order chi connectivity index (χ1) is 19.7. The van der Waals surface area contributed by atoms with Crippen LogP contribution in [0.3, 0.4) is 0 Å². The molecule has 208 valence electrons. The van der Waals surface area contributed by atoms with Crippen molar-refractivity contribution in [3.05, 3.63) is 95.0 Å². The summed E-state index contributed by atoms with van der Waals surface area (Å²) in [6, 6.07) is 16.0. The number of carbonyl (C=O) groups is 4. The number of hydrogen-bond donors (Lipinski definition) is 2. The number of amides is 4. The molecule has 1 atom stereocenters. The summed E-state index contributed by atoms with van der Waals surface area (Å²) in [7, 11) is 0. The van der Waals surface area contributed by atoms with E-state index >= 15 is 0 Å². The molecule has 14 heteroatoms. The fourth-order valence-electron chi connectivity index (χ4n) is 4.52. The number of carbonyl (C=O) groups excluding carboxylic acids is 4. The first kappa shape index (κ1) is 27.4. The van der Waals surface area contributed by atoms with Gasteiger partial charge in [-0.2, -0.15) is 4.68 Å². The van der Waals surface area contributed by atoms with Crippen molar-refractivity contribution >= 4 is 46.6 Å². The van der Waals surface area contributed by atoms with E-state index in [0.717, 1.165) is 17.7 Å². The summed E-state index contributed by atoms with van der Waals surface area (Å²) in [5.41, 5.74) is 6.36. The highest BCUT2D eigenvalue weighted by Crippen LogP contribution is 2.30. The highest BCUT2D eigenvalue weighted by atomic mass is 35.5. The lowest BCUT2D eigenvalue weighted by molar-refractivity contribution is -0.143. The molecule has 0 spiro atoms. The maximum absolute atomic E-state index is 14.3. The van der Waals surface area contributed by atoms with Crippen LogP contribution in [0.25, 0.3) is 5.69 Å². The molecule has 4 amide bonds. The van der Waals surface area contributed by atoms with E-state index in [2.05, 4.69) is 20.8 Å². The lowest BCUT2D eigenvalue weighted by Crippen LogP contribution is -2.60. The van der Waals surface area contributed by atoms with Gasteiger partial charge in [-0.05, 0) is 52.4 Å². The number of aromatic nitrogens is 4. The van der Waals surface area contributed by atoms with Gasteiger partial charge in [0.1, 0.15) is 31.3 Å². The van der Waals surface area contributed by atoms with Crippen molar-refractivity contribution in [1.29, 1.82) is 0 Å². The summed E-state index contributed by atoms with van der Waals surface area (Å²) in [6.07, 6.45) is 1.43. The Labute approximate surface area is 237 Å². The largest absolute Gasteiger partial charge is 0.366 e. The maximum Gasteiger partial charge on any atom is 0.251 e. The van der Waals surface area contributed by atoms with Gasteiger partial charge in [0.25, 0.3) is 5.91 Å². The quantitative estimate of drug-likeness (QED) is 0.325. The molecule has 0 aliphatic carbocycles. The first-order valence-electron chi connectivity index (χ1n) is 12.3. The average molecular weight is 577 g/mol. The second-order valence-corrected chi connectivity index (χ2v) is 9.58. The van der Waals surface area contributed by atoms with E-state index in [4.69, 9.17) is 17.3 Å². The molecular formula is C27H22ClFN8O4. The van der Waals surface area contributed by atoms with Crippen molar-refractivity contribution in [3.63, 3.8) is 0 Å². The van der Waals surface area contributed by atoms with Crippen LogP contribution in [-0.4, -0.2) is 67.9 Å². The summed E-state index contributed by atoms with van der Waals surface area (Å²) < 4.78 is 15.7. The fraction of sp³-hybridized carbons (Fsp3) is 0.148. The number of benzene rings is 3. The lowest BCUT2D eigenvalue weighted by Gasteiger charge is -2.38. The Morgan fingerprint density at radius 2 is 1.78 bits per heavy atom. The van der Waals surface area contributed by atoms with E-state index in [1.54, 1.807) is 36.4 Å². The third kappa shape index (κ3) is 5.89. The minimum atomic E-state index is -1.12. The standard InChI is InChI=1S/C27H22ClFN8O4/c28-17-6-9-21(37-15-31-33-34-37)22(11-17)35-13-25(39)36(14-24(35)38)23(10-16-4-2-1-3-5-16)27(41)32-18-7-8-19(26(30)40)20(29)12-18/h1-9,11-12,15,23H,10,13-14H2,(H2,30,40)(H,32,41). The van der Waals surface area contributed by atoms with Gasteiger partial charge in [0.15, 0.2) is 0 Å². The number of tetrazole rings is 1. The highest BCUT2D eigenvalue weighted by molar-refractivity contribution is 6.31. The molecule has 1 unspecified atom stereocenters. The first-order valence-corrected chi connectivity index (χ1v) is 12.7. The molecule has 0 saturated carbocycles. The zero-order chi connectivity index (χ0) is 29.1. The van der Waals surface area contributed by atoms with E-state index in [1.165, 1.54) is 32.9 Å². The molecule has 41 heavy (non-hydrogen) atoms. The van der Waals surface area contributed by atoms with Crippen LogP contribution in [0.1, 0.15) is 15.9 Å². The minimum Gasteiger partial charge on any atom is -0.366 e. The van der Waals surface area contributed by atoms with Crippen molar-refractivity contribution in [1.82, 2.24) is 25.1 Å². The third-order valence-corrected chi connectivity index (χ3v) is 6.73. The number of nitrogens with zero attached hydrogens (tertiary/aromatic N) is 6. The highest BCUT2D eigenvalue weighted by Gasteiger charge is 2.39. The van der Waals surface area contributed by atoms with Gasteiger partial charge < -0.3 is 16.0 Å². The van der Waals surface area contributed by atoms with Gasteiger partial charge in [-0.3, -0.25) is 24.1 Å². The SMILES string of the molecule is NC(=O)c1ccc(NC(=O)C(Cc2ccccc2)N2CC(=O)N(c3cc(Cl)ccc3-n3cnnn3)CC2=O)cc1F. The van der Waals surface area contributed by atoms with E-state index in [-0.39, 0.29) is 24.2 Å². The Kier molecular flexibility index (Phi) is 7.70. The van der Waals surface area contributed by atoms with Gasteiger partial charge in [-0.1, -0.05) is 41.9 Å². The summed E-state index contributed by atoms with van der Waals surface area (Å²) in [5, 5.41) is 14.0. The molecule has 0 radical (unpaired) electrons. The van der Waals surface area contributed by atoms with Crippen molar-refractivity contribution in [2.24, 2.45) is 5.73 Å². The molecular weight excluding hydrogens is 555 g/mol. The van der Waals surface area contributed by atoms with E-state index in [1.807, 2.05) is 6.07 Å². The van der Waals surface area contributed by atoms with Crippen LogP contribution in [0.5, 0.6) is 0 Å². The summed E-state index contributed by atoms with van der Waals surface area (Å²) in [6.45, 7) is -0.797. The summed E-state index contributed by atoms with van der Waals surface area (Å²) in [4.78, 5) is 54.3. The zero-order valence-electron chi connectivity index (χ0n) is 21.3. The van der Waals surface area contributed by atoms with Crippen LogP contribution >= 0.6 is 11.6 Å². The predicted octanol–water partition coefficient (Wildman–Crippen LogP) is 1.98. The normalized spacial score (nSPS) is 14.2. The van der Waals surface area contributed by atoms with Crippen molar-refractivity contribution in [2.75, 3.05) is 23.3 Å². The van der Waals surface area contributed by atoms with Gasteiger partial charge >= 0.3 is 0 Å². The number of primary amides is 1. The lowest BCUT2D eigenvalue weighted by atomic mass is 10.0. The number of nitrogens with two attached hydrogens (primary N) is 1. The minimum absolute atomic E-state index is 0.0537. The number of rotatable bonds is 8. The number of nitrogens with one attached hydrogen (secondary N) is 1. The number of anilines is 2. The smallest absolute Gasteiger partial charge is 0.251 e. The molecule has 1 aliphatic heterocycles. The van der Waals surface area contributed by atoms with Crippen LogP contribution in [0, 0.1) is 5.82 Å².